The molecule has 0 spiro atoms. The van der Waals surface area contributed by atoms with E-state index in [1.165, 1.54) is 21.3 Å². The largest absolute Gasteiger partial charge is 0.493 e. The summed E-state index contributed by atoms with van der Waals surface area (Å²) in [4.78, 5) is 32.9. The number of benzene rings is 1. The maximum absolute atomic E-state index is 12.6. The van der Waals surface area contributed by atoms with Gasteiger partial charge in [0.25, 0.3) is 5.56 Å². The molecule has 9 nitrogen and oxygen atoms in total. The highest BCUT2D eigenvalue weighted by atomic mass is 16.5. The SMILES string of the molecule is CC[NH+](Cc1nc2cc(OC)c(OC)cc2c(=O)[nH]1)Cc1cc(C(=O)OC)c(C)o1. The van der Waals surface area contributed by atoms with Gasteiger partial charge in [-0.2, -0.15) is 0 Å². The number of H-pyrrole nitrogens is 1. The normalized spacial score (nSPS) is 12.0. The van der Waals surface area contributed by atoms with Crippen molar-refractivity contribution >= 4 is 16.9 Å². The smallest absolute Gasteiger partial charge is 0.341 e. The first-order valence-electron chi connectivity index (χ1n) is 9.56. The number of fused-ring (bicyclic) bond motifs is 1. The summed E-state index contributed by atoms with van der Waals surface area (Å²) < 4.78 is 21.1. The minimum absolute atomic E-state index is 0.242. The number of hydrogen-bond acceptors (Lipinski definition) is 7. The Morgan fingerprint density at radius 2 is 1.83 bits per heavy atom. The summed E-state index contributed by atoms with van der Waals surface area (Å²) in [5, 5.41) is 0.429. The molecule has 2 aromatic heterocycles. The molecule has 0 saturated heterocycles. The number of quaternary nitrogens is 1. The van der Waals surface area contributed by atoms with Gasteiger partial charge in [0.2, 0.25) is 0 Å². The van der Waals surface area contributed by atoms with E-state index in [-0.39, 0.29) is 5.56 Å². The van der Waals surface area contributed by atoms with Crippen molar-refractivity contribution in [2.45, 2.75) is 26.9 Å². The number of ether oxygens (including phenoxy) is 3. The van der Waals surface area contributed by atoms with E-state index in [0.29, 0.717) is 58.4 Å². The lowest BCUT2D eigenvalue weighted by atomic mass is 10.2. The molecule has 30 heavy (non-hydrogen) atoms. The topological polar surface area (TPSA) is 108 Å². The van der Waals surface area contributed by atoms with Crippen LogP contribution in [0.5, 0.6) is 11.5 Å². The van der Waals surface area contributed by atoms with Gasteiger partial charge in [0.05, 0.1) is 38.8 Å². The molecule has 2 heterocycles. The number of hydrogen-bond donors (Lipinski definition) is 2. The number of furan rings is 1. The first-order chi connectivity index (χ1) is 14.4. The molecular formula is C21H26N3O6+. The van der Waals surface area contributed by atoms with Gasteiger partial charge in [0.15, 0.2) is 23.1 Å². The van der Waals surface area contributed by atoms with Crippen molar-refractivity contribution in [2.24, 2.45) is 0 Å². The van der Waals surface area contributed by atoms with E-state index in [2.05, 4.69) is 9.97 Å². The summed E-state index contributed by atoms with van der Waals surface area (Å²) in [6.45, 7) is 5.52. The molecule has 2 N–H and O–H groups in total. The molecule has 3 aromatic rings. The quantitative estimate of drug-likeness (QED) is 0.532. The van der Waals surface area contributed by atoms with Gasteiger partial charge in [-0.15, -0.1) is 0 Å². The standard InChI is InChI=1S/C21H25N3O6/c1-6-24(10-13-7-14(12(2)30-13)21(26)29-5)11-19-22-16-9-18(28-4)17(27-3)8-15(16)20(25)23-19/h7-9H,6,10-11H2,1-5H3,(H,22,23,25)/p+1. The van der Waals surface area contributed by atoms with E-state index < -0.39 is 5.97 Å². The lowest BCUT2D eigenvalue weighted by Gasteiger charge is -2.16. The van der Waals surface area contributed by atoms with Crippen LogP contribution in [0.1, 0.15) is 34.6 Å². The highest BCUT2D eigenvalue weighted by molar-refractivity contribution is 5.90. The third-order valence-corrected chi connectivity index (χ3v) is 4.98. The maximum atomic E-state index is 12.6. The predicted octanol–water partition coefficient (Wildman–Crippen LogP) is 1.23. The van der Waals surface area contributed by atoms with E-state index in [1.54, 1.807) is 25.1 Å². The number of esters is 1. The molecule has 0 amide bonds. The number of carbonyl (C=O) groups excluding carboxylic acids is 1. The summed E-state index contributed by atoms with van der Waals surface area (Å²) in [6.07, 6.45) is 0. The van der Waals surface area contributed by atoms with Crippen molar-refractivity contribution in [3.8, 4) is 11.5 Å². The molecule has 0 fully saturated rings. The summed E-state index contributed by atoms with van der Waals surface area (Å²) in [5.74, 6) is 2.29. The van der Waals surface area contributed by atoms with E-state index in [0.717, 1.165) is 11.4 Å². The fourth-order valence-corrected chi connectivity index (χ4v) is 3.34. The number of methoxy groups -OCH3 is 3. The molecule has 1 atom stereocenters. The van der Waals surface area contributed by atoms with E-state index in [1.807, 2.05) is 6.92 Å². The predicted molar refractivity (Wildman–Crippen MR) is 109 cm³/mol. The van der Waals surface area contributed by atoms with Crippen LogP contribution in [0, 0.1) is 6.92 Å². The summed E-state index contributed by atoms with van der Waals surface area (Å²) in [7, 11) is 4.39. The molecule has 160 valence electrons. The minimum Gasteiger partial charge on any atom is -0.493 e. The number of aryl methyl sites for hydroxylation is 1. The molecule has 3 rings (SSSR count). The zero-order valence-electron chi connectivity index (χ0n) is 17.8. The molecular weight excluding hydrogens is 390 g/mol. The highest BCUT2D eigenvalue weighted by Gasteiger charge is 2.20. The highest BCUT2D eigenvalue weighted by Crippen LogP contribution is 2.29. The average molecular weight is 416 g/mol. The average Bonchev–Trinajstić information content (AvgIpc) is 3.11. The number of aromatic amines is 1. The molecule has 0 bridgehead atoms. The molecule has 0 saturated carbocycles. The Balaban J connectivity index is 1.86. The van der Waals surface area contributed by atoms with Crippen LogP contribution < -0.4 is 19.9 Å². The number of nitrogens with zero attached hydrogens (tertiary/aromatic N) is 1. The van der Waals surface area contributed by atoms with Crippen LogP contribution in [0.25, 0.3) is 10.9 Å². The zero-order valence-corrected chi connectivity index (χ0v) is 17.8. The van der Waals surface area contributed by atoms with Gasteiger partial charge in [-0.3, -0.25) is 4.79 Å². The Labute approximate surface area is 173 Å². The van der Waals surface area contributed by atoms with Gasteiger partial charge in [-0.25, -0.2) is 9.78 Å². The van der Waals surface area contributed by atoms with Gasteiger partial charge in [-0.1, -0.05) is 0 Å². The monoisotopic (exact) mass is 416 g/mol. The van der Waals surface area contributed by atoms with Crippen molar-refractivity contribution in [3.05, 3.63) is 51.5 Å². The molecule has 0 aliphatic rings. The fourth-order valence-electron chi connectivity index (χ4n) is 3.34. The van der Waals surface area contributed by atoms with Gasteiger partial charge in [0.1, 0.15) is 24.4 Å². The van der Waals surface area contributed by atoms with Gasteiger partial charge in [0, 0.05) is 12.1 Å². The van der Waals surface area contributed by atoms with Crippen molar-refractivity contribution in [1.29, 1.82) is 0 Å². The Morgan fingerprint density at radius 1 is 1.13 bits per heavy atom. The Hall–Kier alpha value is -3.33. The third kappa shape index (κ3) is 4.30. The van der Waals surface area contributed by atoms with Crippen molar-refractivity contribution < 1.29 is 28.3 Å². The lowest BCUT2D eigenvalue weighted by Crippen LogP contribution is -3.09. The number of aromatic nitrogens is 2. The molecule has 0 aliphatic heterocycles. The van der Waals surface area contributed by atoms with Crippen LogP contribution in [0.3, 0.4) is 0 Å². The van der Waals surface area contributed by atoms with Crippen LogP contribution in [0.15, 0.2) is 27.4 Å². The molecule has 0 radical (unpaired) electrons. The van der Waals surface area contributed by atoms with Crippen molar-refractivity contribution in [3.63, 3.8) is 0 Å². The minimum atomic E-state index is -0.426. The van der Waals surface area contributed by atoms with Crippen LogP contribution in [-0.4, -0.2) is 43.8 Å². The van der Waals surface area contributed by atoms with Crippen molar-refractivity contribution in [2.75, 3.05) is 27.9 Å². The van der Waals surface area contributed by atoms with Gasteiger partial charge >= 0.3 is 5.97 Å². The fraction of sp³-hybridized carbons (Fsp3) is 0.381. The van der Waals surface area contributed by atoms with Crippen molar-refractivity contribution in [1.82, 2.24) is 9.97 Å². The summed E-state index contributed by atoms with van der Waals surface area (Å²) >= 11 is 0. The van der Waals surface area contributed by atoms with E-state index in [4.69, 9.17) is 18.6 Å². The molecule has 1 aromatic carbocycles. The first-order valence-corrected chi connectivity index (χ1v) is 9.56. The van der Waals surface area contributed by atoms with Crippen LogP contribution in [0.4, 0.5) is 0 Å². The number of rotatable bonds is 8. The zero-order chi connectivity index (χ0) is 21.8. The van der Waals surface area contributed by atoms with E-state index >= 15 is 0 Å². The van der Waals surface area contributed by atoms with E-state index in [9.17, 15) is 9.59 Å². The Morgan fingerprint density at radius 3 is 2.47 bits per heavy atom. The van der Waals surface area contributed by atoms with Gasteiger partial charge in [-0.05, 0) is 19.9 Å². The van der Waals surface area contributed by atoms with Crippen LogP contribution in [0.2, 0.25) is 0 Å². The summed E-state index contributed by atoms with van der Waals surface area (Å²) in [6, 6.07) is 5.01. The first kappa shape index (κ1) is 21.4. The van der Waals surface area contributed by atoms with Crippen LogP contribution >= 0.6 is 0 Å². The van der Waals surface area contributed by atoms with Crippen LogP contribution in [-0.2, 0) is 17.8 Å². The molecule has 9 heteroatoms. The lowest BCUT2D eigenvalue weighted by molar-refractivity contribution is -0.927. The second-order valence-electron chi connectivity index (χ2n) is 6.87. The second kappa shape index (κ2) is 9.00. The Kier molecular flexibility index (Phi) is 6.41. The third-order valence-electron chi connectivity index (χ3n) is 4.98. The number of carbonyl (C=O) groups is 1. The number of nitrogens with one attached hydrogen (secondary N) is 2. The Bertz CT molecular complexity index is 1120. The molecule has 0 aliphatic carbocycles. The second-order valence-corrected chi connectivity index (χ2v) is 6.87. The summed E-state index contributed by atoms with van der Waals surface area (Å²) in [5.41, 5.74) is 0.707. The molecule has 1 unspecified atom stereocenters. The maximum Gasteiger partial charge on any atom is 0.341 e. The van der Waals surface area contributed by atoms with Gasteiger partial charge < -0.3 is 28.5 Å².